The van der Waals surface area contributed by atoms with E-state index < -0.39 is 0 Å². The third-order valence-electron chi connectivity index (χ3n) is 5.47. The van der Waals surface area contributed by atoms with Crippen LogP contribution in [0.3, 0.4) is 0 Å². The van der Waals surface area contributed by atoms with Gasteiger partial charge in [0.1, 0.15) is 0 Å². The Hall–Kier alpha value is -2.82. The monoisotopic (exact) mass is 392 g/mol. The van der Waals surface area contributed by atoms with Crippen molar-refractivity contribution < 1.29 is 4.79 Å². The molecule has 1 amide bonds. The molecule has 1 saturated heterocycles. The van der Waals surface area contributed by atoms with E-state index >= 15 is 0 Å². The molecule has 0 saturated carbocycles. The van der Waals surface area contributed by atoms with Crippen molar-refractivity contribution in [1.82, 2.24) is 15.5 Å². The second kappa shape index (κ2) is 10.1. The van der Waals surface area contributed by atoms with Crippen LogP contribution in [-0.2, 0) is 17.9 Å². The van der Waals surface area contributed by atoms with Crippen molar-refractivity contribution >= 4 is 11.9 Å². The molecule has 3 rings (SSSR count). The highest BCUT2D eigenvalue weighted by molar-refractivity contribution is 5.79. The van der Waals surface area contributed by atoms with Crippen LogP contribution in [0.2, 0.25) is 0 Å². The van der Waals surface area contributed by atoms with Crippen LogP contribution in [0.25, 0.3) is 0 Å². The molecule has 29 heavy (non-hydrogen) atoms. The lowest BCUT2D eigenvalue weighted by Crippen LogP contribution is -2.38. The van der Waals surface area contributed by atoms with Crippen molar-refractivity contribution in [3.8, 4) is 0 Å². The number of aryl methyl sites for hydroxylation is 1. The summed E-state index contributed by atoms with van der Waals surface area (Å²) >= 11 is 0. The van der Waals surface area contributed by atoms with Gasteiger partial charge in [0, 0.05) is 39.6 Å². The van der Waals surface area contributed by atoms with Gasteiger partial charge in [0.05, 0.1) is 0 Å². The highest BCUT2D eigenvalue weighted by atomic mass is 16.2. The average molecular weight is 393 g/mol. The van der Waals surface area contributed by atoms with Crippen LogP contribution >= 0.6 is 0 Å². The van der Waals surface area contributed by atoms with Crippen LogP contribution in [0, 0.1) is 6.92 Å². The summed E-state index contributed by atoms with van der Waals surface area (Å²) in [6.45, 7) is 7.45. The summed E-state index contributed by atoms with van der Waals surface area (Å²) in [5, 5.41) is 6.79. The topological polar surface area (TPSA) is 56.7 Å². The first-order valence-corrected chi connectivity index (χ1v) is 10.4. The molecule has 1 aliphatic heterocycles. The lowest BCUT2D eigenvalue weighted by Gasteiger charge is -2.17. The Morgan fingerprint density at radius 1 is 1.07 bits per heavy atom. The molecule has 1 atom stereocenters. The molecular formula is C24H32N4O. The number of carbonyl (C=O) groups is 1. The fourth-order valence-corrected chi connectivity index (χ4v) is 3.52. The molecule has 1 fully saturated rings. The first kappa shape index (κ1) is 20.9. The molecular weight excluding hydrogens is 360 g/mol. The summed E-state index contributed by atoms with van der Waals surface area (Å²) in [7, 11) is 1.79. The summed E-state index contributed by atoms with van der Waals surface area (Å²) < 4.78 is 0. The van der Waals surface area contributed by atoms with E-state index in [2.05, 4.69) is 78.0 Å². The number of nitrogens with zero attached hydrogens (tertiary/aromatic N) is 2. The van der Waals surface area contributed by atoms with Gasteiger partial charge in [0.25, 0.3) is 0 Å². The number of carbonyl (C=O) groups excluding carboxylic acids is 1. The lowest BCUT2D eigenvalue weighted by atomic mass is 10.0. The number of likely N-dealkylation sites (tertiary alicyclic amines) is 1. The predicted octanol–water partition coefficient (Wildman–Crippen LogP) is 3.59. The van der Waals surface area contributed by atoms with Crippen molar-refractivity contribution in [2.24, 2.45) is 4.99 Å². The molecule has 1 aliphatic rings. The van der Waals surface area contributed by atoms with Crippen LogP contribution in [-0.4, -0.2) is 36.9 Å². The van der Waals surface area contributed by atoms with E-state index in [9.17, 15) is 4.79 Å². The smallest absolute Gasteiger partial charge is 0.222 e. The summed E-state index contributed by atoms with van der Waals surface area (Å²) in [5.74, 6) is 1.47. The number of guanidine groups is 1. The highest BCUT2D eigenvalue weighted by Gasteiger charge is 2.19. The van der Waals surface area contributed by atoms with Gasteiger partial charge in [-0.15, -0.1) is 0 Å². The summed E-state index contributed by atoms with van der Waals surface area (Å²) in [6, 6.07) is 17.1. The van der Waals surface area contributed by atoms with E-state index in [1.165, 1.54) is 22.3 Å². The molecule has 0 aromatic heterocycles. The van der Waals surface area contributed by atoms with Gasteiger partial charge < -0.3 is 15.5 Å². The van der Waals surface area contributed by atoms with Crippen LogP contribution in [0.15, 0.2) is 53.5 Å². The number of aliphatic imine (C=N–C) groups is 1. The maximum atomic E-state index is 11.8. The van der Waals surface area contributed by atoms with Gasteiger partial charge in [0.15, 0.2) is 5.96 Å². The van der Waals surface area contributed by atoms with Crippen LogP contribution in [0.4, 0.5) is 0 Å². The third-order valence-corrected chi connectivity index (χ3v) is 5.47. The van der Waals surface area contributed by atoms with E-state index in [1.54, 1.807) is 7.05 Å². The fourth-order valence-electron chi connectivity index (χ4n) is 3.52. The number of benzene rings is 2. The Morgan fingerprint density at radius 3 is 2.38 bits per heavy atom. The second-order valence-corrected chi connectivity index (χ2v) is 7.85. The molecule has 0 radical (unpaired) electrons. The molecule has 1 unspecified atom stereocenters. The maximum absolute atomic E-state index is 11.8. The predicted molar refractivity (Wildman–Crippen MR) is 119 cm³/mol. The molecule has 154 valence electrons. The fraction of sp³-hybridized carbons (Fsp3) is 0.417. The van der Waals surface area contributed by atoms with Crippen LogP contribution < -0.4 is 10.6 Å². The Morgan fingerprint density at radius 2 is 1.76 bits per heavy atom. The van der Waals surface area contributed by atoms with E-state index in [-0.39, 0.29) is 5.91 Å². The minimum absolute atomic E-state index is 0.269. The van der Waals surface area contributed by atoms with E-state index in [0.717, 1.165) is 25.5 Å². The second-order valence-electron chi connectivity index (χ2n) is 7.85. The molecule has 5 nitrogen and oxygen atoms in total. The van der Waals surface area contributed by atoms with Crippen molar-refractivity contribution in [2.75, 3.05) is 20.1 Å². The first-order valence-electron chi connectivity index (χ1n) is 10.4. The largest absolute Gasteiger partial charge is 0.356 e. The normalized spacial score (nSPS) is 15.5. The highest BCUT2D eigenvalue weighted by Crippen LogP contribution is 2.16. The standard InChI is InChI=1S/C24H32N4O/c1-18-6-12-22(13-7-18)19(2)15-26-24(25-3)27-16-20-8-10-21(11-9-20)17-28-14-4-5-23(28)29/h6-13,19H,4-5,14-17H2,1-3H3,(H2,25,26,27). The summed E-state index contributed by atoms with van der Waals surface area (Å²) in [6.07, 6.45) is 1.67. The Bertz CT molecular complexity index is 827. The van der Waals surface area contributed by atoms with E-state index in [1.807, 2.05) is 4.90 Å². The van der Waals surface area contributed by atoms with Crippen molar-refractivity contribution in [3.05, 3.63) is 70.8 Å². The molecule has 0 spiro atoms. The van der Waals surface area contributed by atoms with Gasteiger partial charge in [-0.2, -0.15) is 0 Å². The molecule has 5 heteroatoms. The zero-order valence-electron chi connectivity index (χ0n) is 17.7. The molecule has 2 aromatic rings. The molecule has 1 heterocycles. The SMILES string of the molecule is CN=C(NCc1ccc(CN2CCCC2=O)cc1)NCC(C)c1ccc(C)cc1. The Labute approximate surface area is 174 Å². The Balaban J connectivity index is 1.45. The van der Waals surface area contributed by atoms with Crippen molar-refractivity contribution in [2.45, 2.75) is 45.7 Å². The molecule has 0 bridgehead atoms. The minimum atomic E-state index is 0.269. The summed E-state index contributed by atoms with van der Waals surface area (Å²) in [5.41, 5.74) is 4.98. The zero-order valence-corrected chi connectivity index (χ0v) is 17.7. The summed E-state index contributed by atoms with van der Waals surface area (Å²) in [4.78, 5) is 18.0. The number of hydrogen-bond acceptors (Lipinski definition) is 2. The lowest BCUT2D eigenvalue weighted by molar-refractivity contribution is -0.128. The molecule has 0 aliphatic carbocycles. The van der Waals surface area contributed by atoms with E-state index in [4.69, 9.17) is 0 Å². The third kappa shape index (κ3) is 6.08. The quantitative estimate of drug-likeness (QED) is 0.559. The Kier molecular flexibility index (Phi) is 7.28. The maximum Gasteiger partial charge on any atom is 0.222 e. The number of amides is 1. The number of hydrogen-bond donors (Lipinski definition) is 2. The minimum Gasteiger partial charge on any atom is -0.356 e. The van der Waals surface area contributed by atoms with Gasteiger partial charge in [0.2, 0.25) is 5.91 Å². The van der Waals surface area contributed by atoms with Crippen LogP contribution in [0.5, 0.6) is 0 Å². The van der Waals surface area contributed by atoms with Crippen molar-refractivity contribution in [1.29, 1.82) is 0 Å². The van der Waals surface area contributed by atoms with Crippen molar-refractivity contribution in [3.63, 3.8) is 0 Å². The number of nitrogens with one attached hydrogen (secondary N) is 2. The zero-order chi connectivity index (χ0) is 20.6. The van der Waals surface area contributed by atoms with Gasteiger partial charge in [-0.25, -0.2) is 0 Å². The van der Waals surface area contributed by atoms with E-state index in [0.29, 0.717) is 25.4 Å². The number of rotatable bonds is 7. The van der Waals surface area contributed by atoms with Gasteiger partial charge in [-0.05, 0) is 36.0 Å². The molecule has 2 aromatic carbocycles. The molecule has 2 N–H and O–H groups in total. The first-order chi connectivity index (χ1) is 14.0. The van der Waals surface area contributed by atoms with Crippen LogP contribution in [0.1, 0.15) is 47.9 Å². The van der Waals surface area contributed by atoms with Gasteiger partial charge >= 0.3 is 0 Å². The van der Waals surface area contributed by atoms with Gasteiger partial charge in [-0.1, -0.05) is 61.0 Å². The average Bonchev–Trinajstić information content (AvgIpc) is 3.14. The van der Waals surface area contributed by atoms with Gasteiger partial charge in [-0.3, -0.25) is 9.79 Å².